The molecule has 2 aromatic carbocycles. The number of nitrogens with one attached hydrogen (secondary N) is 1. The van der Waals surface area contributed by atoms with Crippen molar-refractivity contribution in [1.82, 2.24) is 0 Å². The van der Waals surface area contributed by atoms with Crippen molar-refractivity contribution >= 4 is 11.6 Å². The average Bonchev–Trinajstić information content (AvgIpc) is 2.90. The number of quaternary nitrogens is 1. The van der Waals surface area contributed by atoms with Crippen LogP contribution in [0.15, 0.2) is 42.5 Å². The number of carbonyl (C=O) groups excluding carboxylic acids is 1. The number of carbonyl (C=O) groups is 1. The second kappa shape index (κ2) is 11.4. The maximum atomic E-state index is 13.1. The average molecular weight is 468 g/mol. The van der Waals surface area contributed by atoms with Crippen LogP contribution in [-0.2, 0) is 50.5 Å². The first-order chi connectivity index (χ1) is 13.5. The fraction of sp³-hybridized carbons (Fsp3) is 0.480. The van der Waals surface area contributed by atoms with Gasteiger partial charge in [0.2, 0.25) is 0 Å². The first-order valence-electron chi connectivity index (χ1n) is 10.8. The van der Waals surface area contributed by atoms with Gasteiger partial charge in [-0.25, -0.2) is 0 Å². The molecule has 1 N–H and O–H groups in total. The monoisotopic (exact) mass is 468 g/mol. The summed E-state index contributed by atoms with van der Waals surface area (Å²) in [5, 5.41) is 3.25. The Balaban J connectivity index is 0.00000300. The van der Waals surface area contributed by atoms with Gasteiger partial charge >= 0.3 is 0 Å². The van der Waals surface area contributed by atoms with Gasteiger partial charge in [-0.2, -0.15) is 0 Å². The minimum Gasteiger partial charge on any atom is -0.321 e. The molecule has 153 valence electrons. The zero-order valence-corrected chi connectivity index (χ0v) is 21.2. The summed E-state index contributed by atoms with van der Waals surface area (Å²) < 4.78 is 0.876. The van der Waals surface area contributed by atoms with Gasteiger partial charge in [0.15, 0.2) is 6.54 Å². The van der Waals surface area contributed by atoms with Gasteiger partial charge in [-0.3, -0.25) is 4.79 Å². The minimum absolute atomic E-state index is 0. The molecule has 1 saturated heterocycles. The number of benzene rings is 2. The molecular formula is C25H35N2OY+. The molecule has 0 spiro atoms. The number of hydrogen-bond acceptors (Lipinski definition) is 1. The van der Waals surface area contributed by atoms with Gasteiger partial charge in [0.05, 0.1) is 13.1 Å². The number of rotatable bonds is 6. The van der Waals surface area contributed by atoms with Crippen molar-refractivity contribution in [2.24, 2.45) is 0 Å². The second-order valence-corrected chi connectivity index (χ2v) is 8.51. The van der Waals surface area contributed by atoms with Crippen LogP contribution in [0.3, 0.4) is 0 Å². The van der Waals surface area contributed by atoms with E-state index in [4.69, 9.17) is 0 Å². The van der Waals surface area contributed by atoms with Crippen LogP contribution in [0.5, 0.6) is 0 Å². The maximum Gasteiger partial charge on any atom is 0.279 e. The molecule has 1 fully saturated rings. The van der Waals surface area contributed by atoms with Crippen LogP contribution in [-0.4, -0.2) is 30.0 Å². The summed E-state index contributed by atoms with van der Waals surface area (Å²) in [5.74, 6) is 0.147. The smallest absolute Gasteiger partial charge is 0.279 e. The Morgan fingerprint density at radius 3 is 2.07 bits per heavy atom. The minimum atomic E-state index is 0. The van der Waals surface area contributed by atoms with Gasteiger partial charge in [-0.15, -0.1) is 0 Å². The van der Waals surface area contributed by atoms with Crippen LogP contribution in [0.4, 0.5) is 5.69 Å². The van der Waals surface area contributed by atoms with Crippen LogP contribution in [0.25, 0.3) is 0 Å². The molecule has 0 aromatic heterocycles. The topological polar surface area (TPSA) is 29.1 Å². The normalized spacial score (nSPS) is 15.8. The first kappa shape index (κ1) is 24.2. The van der Waals surface area contributed by atoms with E-state index < -0.39 is 0 Å². The molecule has 1 amide bonds. The number of likely N-dealkylation sites (tertiary alicyclic amines) is 1. The quantitative estimate of drug-likeness (QED) is 0.566. The predicted octanol–water partition coefficient (Wildman–Crippen LogP) is 5.39. The van der Waals surface area contributed by atoms with E-state index in [0.29, 0.717) is 6.54 Å². The van der Waals surface area contributed by atoms with Crippen LogP contribution in [0, 0.1) is 13.8 Å². The van der Waals surface area contributed by atoms with Crippen molar-refractivity contribution in [3.63, 3.8) is 0 Å². The van der Waals surface area contributed by atoms with Crippen LogP contribution in [0.2, 0.25) is 0 Å². The Morgan fingerprint density at radius 1 is 0.931 bits per heavy atom. The van der Waals surface area contributed by atoms with Gasteiger partial charge < -0.3 is 9.80 Å². The van der Waals surface area contributed by atoms with Gasteiger partial charge in [0, 0.05) is 44.0 Å². The van der Waals surface area contributed by atoms with E-state index in [-0.39, 0.29) is 38.6 Å². The van der Waals surface area contributed by atoms with Crippen molar-refractivity contribution in [2.75, 3.05) is 25.0 Å². The number of amides is 1. The van der Waals surface area contributed by atoms with Crippen molar-refractivity contribution < 1.29 is 42.0 Å². The molecule has 1 aliphatic rings. The SMILES string of the molecule is CCc1cc(C)c(NC(=O)C[N+]2(Cc3ccccc3)CCCCCC2)c(C)c1.[Y]. The molecular weight excluding hydrogens is 433 g/mol. The molecule has 3 nitrogen and oxygen atoms in total. The third kappa shape index (κ3) is 6.74. The van der Waals surface area contributed by atoms with E-state index in [2.05, 4.69) is 68.6 Å². The zero-order chi connectivity index (χ0) is 20.0. The van der Waals surface area contributed by atoms with E-state index in [1.807, 2.05) is 0 Å². The largest absolute Gasteiger partial charge is 0.321 e. The van der Waals surface area contributed by atoms with Gasteiger partial charge in [0.1, 0.15) is 6.54 Å². The summed E-state index contributed by atoms with van der Waals surface area (Å²) in [6.45, 7) is 10.1. The van der Waals surface area contributed by atoms with E-state index in [0.717, 1.165) is 47.4 Å². The molecule has 1 radical (unpaired) electrons. The van der Waals surface area contributed by atoms with E-state index in [1.54, 1.807) is 0 Å². The van der Waals surface area contributed by atoms with Crippen molar-refractivity contribution in [3.05, 3.63) is 64.7 Å². The molecule has 4 heteroatoms. The molecule has 0 bridgehead atoms. The standard InChI is InChI=1S/C25H34N2O.Y/c1-4-22-16-20(2)25(21(3)17-22)26-24(28)19-27(14-10-5-6-11-15-27)18-23-12-8-7-9-13-23;/h7-9,12-13,16-17H,4-6,10-11,14-15,18-19H2,1-3H3;/p+1. The summed E-state index contributed by atoms with van der Waals surface area (Å²) >= 11 is 0. The molecule has 3 rings (SSSR count). The van der Waals surface area contributed by atoms with Crippen molar-refractivity contribution in [2.45, 2.75) is 59.4 Å². The molecule has 0 aliphatic carbocycles. The van der Waals surface area contributed by atoms with Gasteiger partial charge in [0.25, 0.3) is 5.91 Å². The zero-order valence-electron chi connectivity index (χ0n) is 18.3. The van der Waals surface area contributed by atoms with Crippen LogP contribution >= 0.6 is 0 Å². The first-order valence-corrected chi connectivity index (χ1v) is 10.8. The van der Waals surface area contributed by atoms with Crippen molar-refractivity contribution in [3.8, 4) is 0 Å². The molecule has 0 saturated carbocycles. The Bertz CT molecular complexity index is 773. The van der Waals surface area contributed by atoms with E-state index in [9.17, 15) is 4.79 Å². The molecule has 2 aromatic rings. The predicted molar refractivity (Wildman–Crippen MR) is 117 cm³/mol. The van der Waals surface area contributed by atoms with Crippen LogP contribution in [0.1, 0.15) is 54.9 Å². The number of anilines is 1. The Morgan fingerprint density at radius 2 is 1.52 bits per heavy atom. The summed E-state index contributed by atoms with van der Waals surface area (Å²) in [7, 11) is 0. The number of hydrogen-bond donors (Lipinski definition) is 1. The molecule has 29 heavy (non-hydrogen) atoms. The van der Waals surface area contributed by atoms with E-state index in [1.165, 1.54) is 36.8 Å². The third-order valence-corrected chi connectivity index (χ3v) is 6.12. The van der Waals surface area contributed by atoms with Gasteiger partial charge in [-0.05, 0) is 62.6 Å². The molecule has 0 atom stereocenters. The second-order valence-electron chi connectivity index (χ2n) is 8.51. The number of nitrogens with zero attached hydrogens (tertiary/aromatic N) is 1. The van der Waals surface area contributed by atoms with Crippen molar-refractivity contribution in [1.29, 1.82) is 0 Å². The molecule has 0 unspecified atom stereocenters. The third-order valence-electron chi connectivity index (χ3n) is 6.12. The fourth-order valence-electron chi connectivity index (χ4n) is 4.64. The Labute approximate surface area is 201 Å². The summed E-state index contributed by atoms with van der Waals surface area (Å²) in [5.41, 5.74) is 5.98. The summed E-state index contributed by atoms with van der Waals surface area (Å²) in [4.78, 5) is 13.1. The number of aryl methyl sites for hydroxylation is 3. The van der Waals surface area contributed by atoms with Crippen LogP contribution < -0.4 is 5.32 Å². The van der Waals surface area contributed by atoms with E-state index >= 15 is 0 Å². The Hall–Kier alpha value is -1.03. The maximum absolute atomic E-state index is 13.1. The van der Waals surface area contributed by atoms with Gasteiger partial charge in [-0.1, -0.05) is 49.4 Å². The summed E-state index contributed by atoms with van der Waals surface area (Å²) in [6.07, 6.45) is 6.01. The molecule has 1 heterocycles. The Kier molecular flexibility index (Phi) is 9.52. The summed E-state index contributed by atoms with van der Waals surface area (Å²) in [6, 6.07) is 15.1. The fourth-order valence-corrected chi connectivity index (χ4v) is 4.64. The molecule has 1 aliphatic heterocycles.